The van der Waals surface area contributed by atoms with Gasteiger partial charge >= 0.3 is 0 Å². The average Bonchev–Trinajstić information content (AvgIpc) is 2.68. The standard InChI is InChI=1S/C19H15ClN4O3/c20-14-5-3-12(4-6-14)9-23-17(26)8-13-10-21-15-11-22-16(2-1-7-25)24-18(15)19(13)27/h3-6,10-11,25H,7-9H2,(H,21,27)(H,23,26). The third-order valence-corrected chi connectivity index (χ3v) is 3.98. The maximum absolute atomic E-state index is 12.6. The van der Waals surface area contributed by atoms with Gasteiger partial charge in [0.1, 0.15) is 12.1 Å². The number of carbonyl (C=O) groups is 1. The molecule has 1 amide bonds. The second-order valence-corrected chi connectivity index (χ2v) is 6.08. The second kappa shape index (κ2) is 8.45. The number of aliphatic hydroxyl groups is 1. The van der Waals surface area contributed by atoms with E-state index in [-0.39, 0.29) is 41.3 Å². The number of aromatic nitrogens is 3. The first-order chi connectivity index (χ1) is 13.1. The van der Waals surface area contributed by atoms with Crippen LogP contribution in [0.4, 0.5) is 0 Å². The number of rotatable bonds is 4. The molecule has 0 radical (unpaired) electrons. The lowest BCUT2D eigenvalue weighted by atomic mass is 10.1. The quantitative estimate of drug-likeness (QED) is 0.587. The molecule has 0 atom stereocenters. The molecule has 8 heteroatoms. The number of aliphatic hydroxyl groups excluding tert-OH is 1. The van der Waals surface area contributed by atoms with E-state index in [9.17, 15) is 9.59 Å². The Morgan fingerprint density at radius 2 is 2.07 bits per heavy atom. The third-order valence-electron chi connectivity index (χ3n) is 3.73. The molecule has 0 spiro atoms. The van der Waals surface area contributed by atoms with E-state index in [4.69, 9.17) is 16.7 Å². The number of benzene rings is 1. The van der Waals surface area contributed by atoms with Crippen molar-refractivity contribution in [2.45, 2.75) is 13.0 Å². The van der Waals surface area contributed by atoms with Crippen LogP contribution in [0.1, 0.15) is 17.0 Å². The van der Waals surface area contributed by atoms with Crippen molar-refractivity contribution >= 4 is 28.5 Å². The van der Waals surface area contributed by atoms with Crippen molar-refractivity contribution in [3.63, 3.8) is 0 Å². The smallest absolute Gasteiger partial charge is 0.224 e. The number of nitrogens with zero attached hydrogens (tertiary/aromatic N) is 2. The van der Waals surface area contributed by atoms with Crippen molar-refractivity contribution in [1.29, 1.82) is 0 Å². The minimum Gasteiger partial charge on any atom is -0.384 e. The molecule has 2 aromatic heterocycles. The largest absolute Gasteiger partial charge is 0.384 e. The summed E-state index contributed by atoms with van der Waals surface area (Å²) >= 11 is 5.83. The molecule has 0 aliphatic carbocycles. The Labute approximate surface area is 159 Å². The average molecular weight is 383 g/mol. The normalized spacial score (nSPS) is 10.3. The topological polar surface area (TPSA) is 108 Å². The molecule has 27 heavy (non-hydrogen) atoms. The Hall–Kier alpha value is -3.21. The number of amides is 1. The first-order valence-corrected chi connectivity index (χ1v) is 8.43. The number of nitrogens with one attached hydrogen (secondary N) is 2. The van der Waals surface area contributed by atoms with Gasteiger partial charge in [0.2, 0.25) is 17.2 Å². The van der Waals surface area contributed by atoms with Gasteiger partial charge in [-0.3, -0.25) is 9.59 Å². The maximum Gasteiger partial charge on any atom is 0.224 e. The molecule has 1 aromatic carbocycles. The third kappa shape index (κ3) is 4.70. The van der Waals surface area contributed by atoms with E-state index in [1.807, 2.05) is 12.1 Å². The van der Waals surface area contributed by atoms with Crippen LogP contribution in [0.5, 0.6) is 0 Å². The first kappa shape index (κ1) is 18.6. The first-order valence-electron chi connectivity index (χ1n) is 8.05. The minimum atomic E-state index is -0.361. The Morgan fingerprint density at radius 3 is 2.81 bits per heavy atom. The summed E-state index contributed by atoms with van der Waals surface area (Å²) in [6.45, 7) is 0.0101. The Bertz CT molecular complexity index is 1100. The highest BCUT2D eigenvalue weighted by Crippen LogP contribution is 2.09. The number of H-pyrrole nitrogens is 1. The molecule has 0 aliphatic rings. The number of hydrogen-bond donors (Lipinski definition) is 3. The number of carbonyl (C=O) groups excluding carboxylic acids is 1. The van der Waals surface area contributed by atoms with Gasteiger partial charge < -0.3 is 15.4 Å². The van der Waals surface area contributed by atoms with Gasteiger partial charge in [-0.2, -0.15) is 0 Å². The zero-order valence-electron chi connectivity index (χ0n) is 14.1. The highest BCUT2D eigenvalue weighted by molar-refractivity contribution is 6.30. The Morgan fingerprint density at radius 1 is 1.30 bits per heavy atom. The molecule has 0 fully saturated rings. The van der Waals surface area contributed by atoms with E-state index >= 15 is 0 Å². The van der Waals surface area contributed by atoms with Crippen molar-refractivity contribution in [2.75, 3.05) is 6.61 Å². The highest BCUT2D eigenvalue weighted by atomic mass is 35.5. The van der Waals surface area contributed by atoms with Crippen molar-refractivity contribution < 1.29 is 9.90 Å². The molecule has 2 heterocycles. The van der Waals surface area contributed by atoms with Crippen LogP contribution in [0.2, 0.25) is 5.02 Å². The van der Waals surface area contributed by atoms with E-state index in [0.717, 1.165) is 5.56 Å². The fourth-order valence-corrected chi connectivity index (χ4v) is 2.52. The summed E-state index contributed by atoms with van der Waals surface area (Å²) in [4.78, 5) is 35.8. The molecule has 0 bridgehead atoms. The summed E-state index contributed by atoms with van der Waals surface area (Å²) in [7, 11) is 0. The fraction of sp³-hybridized carbons (Fsp3) is 0.158. The second-order valence-electron chi connectivity index (χ2n) is 5.64. The molecule has 136 valence electrons. The predicted octanol–water partition coefficient (Wildman–Crippen LogP) is 1.17. The van der Waals surface area contributed by atoms with E-state index in [1.54, 1.807) is 12.1 Å². The van der Waals surface area contributed by atoms with Crippen LogP contribution >= 0.6 is 11.6 Å². The number of fused-ring (bicyclic) bond motifs is 1. The summed E-state index contributed by atoms with van der Waals surface area (Å²) in [6.07, 6.45) is 2.84. The van der Waals surface area contributed by atoms with Crippen molar-refractivity contribution in [1.82, 2.24) is 20.3 Å². The van der Waals surface area contributed by atoms with Gasteiger partial charge in [-0.05, 0) is 23.6 Å². The summed E-state index contributed by atoms with van der Waals surface area (Å²) in [5, 5.41) is 12.1. The van der Waals surface area contributed by atoms with E-state index < -0.39 is 0 Å². The molecule has 3 aromatic rings. The van der Waals surface area contributed by atoms with Crippen molar-refractivity contribution in [3.8, 4) is 11.8 Å². The van der Waals surface area contributed by atoms with Crippen LogP contribution in [0.15, 0.2) is 41.5 Å². The van der Waals surface area contributed by atoms with Gasteiger partial charge in [-0.25, -0.2) is 9.97 Å². The van der Waals surface area contributed by atoms with E-state index in [0.29, 0.717) is 17.1 Å². The number of pyridine rings is 1. The monoisotopic (exact) mass is 382 g/mol. The van der Waals surface area contributed by atoms with Crippen LogP contribution in [-0.2, 0) is 17.8 Å². The van der Waals surface area contributed by atoms with Gasteiger partial charge in [0, 0.05) is 23.3 Å². The molecular formula is C19H15ClN4O3. The minimum absolute atomic E-state index is 0.0828. The maximum atomic E-state index is 12.6. The van der Waals surface area contributed by atoms with E-state index in [2.05, 4.69) is 32.1 Å². The van der Waals surface area contributed by atoms with Crippen LogP contribution in [0, 0.1) is 11.8 Å². The highest BCUT2D eigenvalue weighted by Gasteiger charge is 2.11. The van der Waals surface area contributed by atoms with Crippen molar-refractivity contribution in [3.05, 3.63) is 68.9 Å². The number of hydrogen-bond acceptors (Lipinski definition) is 5. The lowest BCUT2D eigenvalue weighted by molar-refractivity contribution is -0.120. The predicted molar refractivity (Wildman–Crippen MR) is 101 cm³/mol. The van der Waals surface area contributed by atoms with Crippen LogP contribution in [0.25, 0.3) is 11.0 Å². The van der Waals surface area contributed by atoms with Gasteiger partial charge in [0.15, 0.2) is 0 Å². The van der Waals surface area contributed by atoms with Gasteiger partial charge in [0.25, 0.3) is 0 Å². The molecule has 3 rings (SSSR count). The van der Waals surface area contributed by atoms with Crippen LogP contribution < -0.4 is 10.7 Å². The lowest BCUT2D eigenvalue weighted by Gasteiger charge is -2.06. The van der Waals surface area contributed by atoms with Crippen molar-refractivity contribution in [2.24, 2.45) is 0 Å². The molecular weight excluding hydrogens is 368 g/mol. The Kier molecular flexibility index (Phi) is 5.81. The Balaban J connectivity index is 1.75. The SMILES string of the molecule is O=C(Cc1c[nH]c2cnc(C#CCO)nc2c1=O)NCc1ccc(Cl)cc1. The lowest BCUT2D eigenvalue weighted by Crippen LogP contribution is -2.27. The summed E-state index contributed by atoms with van der Waals surface area (Å²) in [6, 6.07) is 7.12. The fourth-order valence-electron chi connectivity index (χ4n) is 2.39. The summed E-state index contributed by atoms with van der Waals surface area (Å²) in [5.41, 5.74) is 1.42. The summed E-state index contributed by atoms with van der Waals surface area (Å²) in [5.74, 6) is 4.82. The molecule has 0 saturated heterocycles. The van der Waals surface area contributed by atoms with Gasteiger partial charge in [-0.1, -0.05) is 29.7 Å². The van der Waals surface area contributed by atoms with E-state index in [1.165, 1.54) is 12.4 Å². The molecule has 7 nitrogen and oxygen atoms in total. The zero-order chi connectivity index (χ0) is 19.2. The molecule has 0 aliphatic heterocycles. The van der Waals surface area contributed by atoms with Gasteiger partial charge in [-0.15, -0.1) is 0 Å². The molecule has 0 unspecified atom stereocenters. The number of aromatic amines is 1. The van der Waals surface area contributed by atoms with Crippen LogP contribution in [0.3, 0.4) is 0 Å². The van der Waals surface area contributed by atoms with Gasteiger partial charge in [0.05, 0.1) is 18.1 Å². The number of halogens is 1. The zero-order valence-corrected chi connectivity index (χ0v) is 14.9. The summed E-state index contributed by atoms with van der Waals surface area (Å²) < 4.78 is 0. The van der Waals surface area contributed by atoms with Crippen LogP contribution in [-0.4, -0.2) is 32.6 Å². The molecule has 3 N–H and O–H groups in total. The molecule has 0 saturated carbocycles.